The standard InChI is InChI=1S/C21H19ClF3N3O3/c1-2-3-10-27-19(30)14-6-4-5-7-17(14)28(20(27)31)12-18(29)26-16-11-13(21(23,24)25)8-9-15(16)22/h4-9,11H,2-3,10,12H2,1H3,(H,26,29). The number of alkyl halides is 3. The summed E-state index contributed by atoms with van der Waals surface area (Å²) in [5.41, 5.74) is -2.05. The first kappa shape index (κ1) is 22.6. The molecule has 0 bridgehead atoms. The molecule has 3 rings (SSSR count). The number of carbonyl (C=O) groups excluding carboxylic acids is 1. The monoisotopic (exact) mass is 453 g/mol. The Labute approximate surface area is 179 Å². The van der Waals surface area contributed by atoms with E-state index in [-0.39, 0.29) is 28.2 Å². The van der Waals surface area contributed by atoms with E-state index in [0.29, 0.717) is 6.42 Å². The van der Waals surface area contributed by atoms with E-state index < -0.39 is 35.4 Å². The topological polar surface area (TPSA) is 73.1 Å². The van der Waals surface area contributed by atoms with Gasteiger partial charge in [-0.2, -0.15) is 13.2 Å². The second kappa shape index (κ2) is 8.97. The van der Waals surface area contributed by atoms with Crippen molar-refractivity contribution in [2.45, 2.75) is 39.0 Å². The molecule has 1 N–H and O–H groups in total. The molecule has 1 amide bonds. The Morgan fingerprint density at radius 1 is 1.10 bits per heavy atom. The molecule has 6 nitrogen and oxygen atoms in total. The minimum atomic E-state index is -4.61. The zero-order valence-electron chi connectivity index (χ0n) is 16.5. The van der Waals surface area contributed by atoms with Gasteiger partial charge in [-0.15, -0.1) is 0 Å². The molecule has 10 heteroatoms. The molecule has 2 aromatic carbocycles. The molecule has 0 saturated carbocycles. The van der Waals surface area contributed by atoms with Crippen molar-refractivity contribution in [1.29, 1.82) is 0 Å². The number of hydrogen-bond acceptors (Lipinski definition) is 3. The molecule has 0 unspecified atom stereocenters. The Kier molecular flexibility index (Phi) is 6.54. The molecule has 0 atom stereocenters. The van der Waals surface area contributed by atoms with Gasteiger partial charge in [0.15, 0.2) is 0 Å². The van der Waals surface area contributed by atoms with E-state index in [4.69, 9.17) is 11.6 Å². The quantitative estimate of drug-likeness (QED) is 0.605. The highest BCUT2D eigenvalue weighted by atomic mass is 35.5. The summed E-state index contributed by atoms with van der Waals surface area (Å²) in [5, 5.41) is 2.51. The summed E-state index contributed by atoms with van der Waals surface area (Å²) in [5.74, 6) is -0.755. The van der Waals surface area contributed by atoms with Gasteiger partial charge >= 0.3 is 11.9 Å². The second-order valence-electron chi connectivity index (χ2n) is 6.94. The fourth-order valence-electron chi connectivity index (χ4n) is 3.17. The van der Waals surface area contributed by atoms with Crippen molar-refractivity contribution in [3.63, 3.8) is 0 Å². The average molecular weight is 454 g/mol. The molecule has 164 valence electrons. The first-order valence-electron chi connectivity index (χ1n) is 9.52. The fourth-order valence-corrected chi connectivity index (χ4v) is 3.33. The Balaban J connectivity index is 1.99. The van der Waals surface area contributed by atoms with Gasteiger partial charge < -0.3 is 5.32 Å². The average Bonchev–Trinajstić information content (AvgIpc) is 2.72. The number of fused-ring (bicyclic) bond motifs is 1. The summed E-state index contributed by atoms with van der Waals surface area (Å²) >= 11 is 5.93. The Hall–Kier alpha value is -3.07. The third-order valence-electron chi connectivity index (χ3n) is 4.74. The number of nitrogens with zero attached hydrogens (tertiary/aromatic N) is 2. The van der Waals surface area contributed by atoms with Crippen LogP contribution >= 0.6 is 11.6 Å². The fraction of sp³-hybridized carbons (Fsp3) is 0.286. The van der Waals surface area contributed by atoms with Gasteiger partial charge in [-0.1, -0.05) is 37.1 Å². The van der Waals surface area contributed by atoms with Crippen LogP contribution in [0.2, 0.25) is 5.02 Å². The number of nitrogens with one attached hydrogen (secondary N) is 1. The van der Waals surface area contributed by atoms with Gasteiger partial charge in [-0.3, -0.25) is 18.7 Å². The minimum absolute atomic E-state index is 0.0773. The van der Waals surface area contributed by atoms with Crippen LogP contribution < -0.4 is 16.6 Å². The molecule has 0 saturated heterocycles. The number of amides is 1. The number of aromatic nitrogens is 2. The van der Waals surface area contributed by atoms with Crippen LogP contribution in [0, 0.1) is 0 Å². The van der Waals surface area contributed by atoms with Crippen LogP contribution in [0.15, 0.2) is 52.1 Å². The minimum Gasteiger partial charge on any atom is -0.323 e. The van der Waals surface area contributed by atoms with Gasteiger partial charge in [-0.25, -0.2) is 4.79 Å². The first-order chi connectivity index (χ1) is 14.6. The second-order valence-corrected chi connectivity index (χ2v) is 7.34. The molecule has 0 aliphatic carbocycles. The predicted octanol–water partition coefficient (Wildman–Crippen LogP) is 4.27. The van der Waals surface area contributed by atoms with E-state index in [0.717, 1.165) is 33.8 Å². The van der Waals surface area contributed by atoms with E-state index >= 15 is 0 Å². The molecule has 0 fully saturated rings. The van der Waals surface area contributed by atoms with Crippen LogP contribution in [0.3, 0.4) is 0 Å². The summed E-state index contributed by atoms with van der Waals surface area (Å²) in [6.07, 6.45) is -3.25. The maximum Gasteiger partial charge on any atom is 0.416 e. The Morgan fingerprint density at radius 3 is 2.48 bits per heavy atom. The highest BCUT2D eigenvalue weighted by Crippen LogP contribution is 2.33. The van der Waals surface area contributed by atoms with Gasteiger partial charge in [0.1, 0.15) is 6.54 Å². The molecule has 31 heavy (non-hydrogen) atoms. The number of para-hydroxylation sites is 1. The number of halogens is 4. The lowest BCUT2D eigenvalue weighted by Gasteiger charge is -2.15. The number of unbranched alkanes of at least 4 members (excludes halogenated alkanes) is 1. The van der Waals surface area contributed by atoms with Crippen LogP contribution in [0.1, 0.15) is 25.3 Å². The third-order valence-corrected chi connectivity index (χ3v) is 5.07. The van der Waals surface area contributed by atoms with E-state index in [9.17, 15) is 27.6 Å². The van der Waals surface area contributed by atoms with Gasteiger partial charge in [-0.05, 0) is 36.8 Å². The Bertz CT molecular complexity index is 1250. The maximum absolute atomic E-state index is 13.0. The van der Waals surface area contributed by atoms with Crippen molar-refractivity contribution >= 4 is 34.1 Å². The molecule has 1 heterocycles. The number of anilines is 1. The Morgan fingerprint density at radius 2 is 1.81 bits per heavy atom. The number of rotatable bonds is 6. The molecular weight excluding hydrogens is 435 g/mol. The highest BCUT2D eigenvalue weighted by Gasteiger charge is 2.31. The van der Waals surface area contributed by atoms with Crippen molar-refractivity contribution in [3.8, 4) is 0 Å². The zero-order chi connectivity index (χ0) is 22.8. The summed E-state index contributed by atoms with van der Waals surface area (Å²) in [4.78, 5) is 38.2. The van der Waals surface area contributed by atoms with Gasteiger partial charge in [0.05, 0.1) is 27.2 Å². The lowest BCUT2D eigenvalue weighted by molar-refractivity contribution is -0.137. The maximum atomic E-state index is 13.0. The molecule has 1 aromatic heterocycles. The van der Waals surface area contributed by atoms with E-state index in [1.165, 1.54) is 6.07 Å². The normalized spacial score (nSPS) is 11.6. The summed E-state index contributed by atoms with van der Waals surface area (Å²) in [6, 6.07) is 8.92. The smallest absolute Gasteiger partial charge is 0.323 e. The van der Waals surface area contributed by atoms with Crippen molar-refractivity contribution in [3.05, 3.63) is 73.9 Å². The number of carbonyl (C=O) groups is 1. The predicted molar refractivity (Wildman–Crippen MR) is 112 cm³/mol. The van der Waals surface area contributed by atoms with Crippen molar-refractivity contribution in [1.82, 2.24) is 9.13 Å². The van der Waals surface area contributed by atoms with Crippen molar-refractivity contribution < 1.29 is 18.0 Å². The molecule has 3 aromatic rings. The SMILES string of the molecule is CCCCn1c(=O)c2ccccc2n(CC(=O)Nc2cc(C(F)(F)F)ccc2Cl)c1=O. The van der Waals surface area contributed by atoms with E-state index in [1.54, 1.807) is 18.2 Å². The highest BCUT2D eigenvalue weighted by molar-refractivity contribution is 6.33. The van der Waals surface area contributed by atoms with Gasteiger partial charge in [0, 0.05) is 6.54 Å². The van der Waals surface area contributed by atoms with Crippen molar-refractivity contribution in [2.75, 3.05) is 5.32 Å². The lowest BCUT2D eigenvalue weighted by atomic mass is 10.2. The molecule has 0 spiro atoms. The number of hydrogen-bond donors (Lipinski definition) is 1. The zero-order valence-corrected chi connectivity index (χ0v) is 17.3. The summed E-state index contributed by atoms with van der Waals surface area (Å²) in [7, 11) is 0. The molecule has 0 radical (unpaired) electrons. The largest absolute Gasteiger partial charge is 0.416 e. The van der Waals surface area contributed by atoms with Crippen molar-refractivity contribution in [2.24, 2.45) is 0 Å². The first-order valence-corrected chi connectivity index (χ1v) is 9.90. The molecular formula is C21H19ClF3N3O3. The summed E-state index contributed by atoms with van der Waals surface area (Å²) in [6.45, 7) is 1.61. The van der Waals surface area contributed by atoms with E-state index in [1.807, 2.05) is 6.92 Å². The van der Waals surface area contributed by atoms with Crippen LogP contribution in [0.5, 0.6) is 0 Å². The molecule has 0 aliphatic heterocycles. The van der Waals surface area contributed by atoms with Crippen LogP contribution in [-0.4, -0.2) is 15.0 Å². The molecule has 0 aliphatic rings. The summed E-state index contributed by atoms with van der Waals surface area (Å²) < 4.78 is 41.1. The lowest BCUT2D eigenvalue weighted by Crippen LogP contribution is -2.41. The van der Waals surface area contributed by atoms with Gasteiger partial charge in [0.2, 0.25) is 5.91 Å². The van der Waals surface area contributed by atoms with Crippen LogP contribution in [0.25, 0.3) is 10.9 Å². The van der Waals surface area contributed by atoms with E-state index in [2.05, 4.69) is 5.32 Å². The van der Waals surface area contributed by atoms with Gasteiger partial charge in [0.25, 0.3) is 5.56 Å². The third kappa shape index (κ3) is 4.82. The van der Waals surface area contributed by atoms with Crippen LogP contribution in [0.4, 0.5) is 18.9 Å². The van der Waals surface area contributed by atoms with Crippen LogP contribution in [-0.2, 0) is 24.1 Å². The number of benzene rings is 2.